The first-order chi connectivity index (χ1) is 5.65. The van der Waals surface area contributed by atoms with Gasteiger partial charge in [0.05, 0.1) is 5.33 Å². The number of alkyl halides is 1. The summed E-state index contributed by atoms with van der Waals surface area (Å²) in [5.74, 6) is -0.421. The highest BCUT2D eigenvalue weighted by Gasteiger charge is 2.08. The van der Waals surface area contributed by atoms with E-state index in [4.69, 9.17) is 0 Å². The van der Waals surface area contributed by atoms with Crippen LogP contribution in [0.25, 0.3) is 0 Å². The van der Waals surface area contributed by atoms with Crippen LogP contribution in [0.2, 0.25) is 0 Å². The molecule has 64 valence electrons. The molecule has 0 bridgehead atoms. The molecule has 0 saturated carbocycles. The summed E-state index contributed by atoms with van der Waals surface area (Å²) in [6.07, 6.45) is 0. The van der Waals surface area contributed by atoms with Crippen LogP contribution in [0.15, 0.2) is 22.7 Å². The van der Waals surface area contributed by atoms with Crippen LogP contribution < -0.4 is 0 Å². The van der Waals surface area contributed by atoms with Crippen LogP contribution in [0.3, 0.4) is 0 Å². The van der Waals surface area contributed by atoms with E-state index in [9.17, 15) is 9.18 Å². The van der Waals surface area contributed by atoms with Gasteiger partial charge in [-0.25, -0.2) is 4.39 Å². The molecule has 1 aromatic carbocycles. The molecule has 12 heavy (non-hydrogen) atoms. The van der Waals surface area contributed by atoms with Crippen LogP contribution in [0.5, 0.6) is 0 Å². The molecule has 0 spiro atoms. The maximum absolute atomic E-state index is 12.6. The van der Waals surface area contributed by atoms with E-state index in [0.29, 0.717) is 10.0 Å². The molecule has 0 amide bonds. The van der Waals surface area contributed by atoms with Crippen molar-refractivity contribution in [2.75, 3.05) is 5.33 Å². The van der Waals surface area contributed by atoms with Crippen LogP contribution in [-0.2, 0) is 0 Å². The summed E-state index contributed by atoms with van der Waals surface area (Å²) in [5.41, 5.74) is 0.494. The van der Waals surface area contributed by atoms with E-state index in [0.717, 1.165) is 0 Å². The summed E-state index contributed by atoms with van der Waals surface area (Å²) in [7, 11) is 0. The SMILES string of the molecule is O=C(CBr)c1ccc(F)cc1Br. The Labute approximate surface area is 86.2 Å². The number of hydrogen-bond donors (Lipinski definition) is 0. The summed E-state index contributed by atoms with van der Waals surface area (Å²) < 4.78 is 13.1. The third-order valence-corrected chi connectivity index (χ3v) is 2.52. The normalized spacial score (nSPS) is 9.92. The molecular weight excluding hydrogens is 291 g/mol. The van der Waals surface area contributed by atoms with Crippen molar-refractivity contribution in [3.8, 4) is 0 Å². The predicted molar refractivity (Wildman–Crippen MR) is 52.2 cm³/mol. The van der Waals surface area contributed by atoms with E-state index in [2.05, 4.69) is 31.9 Å². The Kier molecular flexibility index (Phi) is 3.40. The van der Waals surface area contributed by atoms with Gasteiger partial charge >= 0.3 is 0 Å². The number of ketones is 1. The van der Waals surface area contributed by atoms with Crippen LogP contribution in [0, 0.1) is 5.82 Å². The zero-order valence-electron chi connectivity index (χ0n) is 5.98. The number of rotatable bonds is 2. The Morgan fingerprint density at radius 3 is 2.67 bits per heavy atom. The summed E-state index contributed by atoms with van der Waals surface area (Å²) in [4.78, 5) is 11.1. The lowest BCUT2D eigenvalue weighted by atomic mass is 10.1. The van der Waals surface area contributed by atoms with Gasteiger partial charge in [0.15, 0.2) is 5.78 Å². The van der Waals surface area contributed by atoms with Gasteiger partial charge in [-0.2, -0.15) is 0 Å². The fraction of sp³-hybridized carbons (Fsp3) is 0.125. The second-order valence-electron chi connectivity index (χ2n) is 2.18. The first kappa shape index (κ1) is 9.86. The second-order valence-corrected chi connectivity index (χ2v) is 3.60. The molecule has 0 N–H and O–H groups in total. The molecule has 0 aliphatic carbocycles. The third kappa shape index (κ3) is 2.14. The summed E-state index contributed by atoms with van der Waals surface area (Å²) >= 11 is 6.15. The minimum atomic E-state index is -0.354. The van der Waals surface area contributed by atoms with Crippen molar-refractivity contribution in [2.24, 2.45) is 0 Å². The van der Waals surface area contributed by atoms with Gasteiger partial charge in [0.1, 0.15) is 5.82 Å². The molecule has 4 heteroatoms. The quantitative estimate of drug-likeness (QED) is 0.605. The number of halogens is 3. The number of Topliss-reactive ketones (excluding diaryl/α,β-unsaturated/α-hetero) is 1. The summed E-state index contributed by atoms with van der Waals surface area (Å²) in [6, 6.07) is 4.00. The minimum absolute atomic E-state index is 0.0677. The molecule has 0 fully saturated rings. The smallest absolute Gasteiger partial charge is 0.174 e. The van der Waals surface area contributed by atoms with E-state index in [-0.39, 0.29) is 16.9 Å². The summed E-state index contributed by atoms with van der Waals surface area (Å²) in [6.45, 7) is 0. The molecule has 0 aromatic heterocycles. The van der Waals surface area contributed by atoms with Crippen molar-refractivity contribution in [2.45, 2.75) is 0 Å². The van der Waals surface area contributed by atoms with Crippen molar-refractivity contribution in [3.05, 3.63) is 34.1 Å². The van der Waals surface area contributed by atoms with Gasteiger partial charge in [-0.05, 0) is 34.1 Å². The van der Waals surface area contributed by atoms with Crippen LogP contribution in [0.4, 0.5) is 4.39 Å². The molecule has 0 saturated heterocycles. The monoisotopic (exact) mass is 294 g/mol. The van der Waals surface area contributed by atoms with E-state index in [1.807, 2.05) is 0 Å². The van der Waals surface area contributed by atoms with Crippen LogP contribution >= 0.6 is 31.9 Å². The molecule has 1 aromatic rings. The van der Waals surface area contributed by atoms with Gasteiger partial charge < -0.3 is 0 Å². The highest BCUT2D eigenvalue weighted by molar-refractivity contribution is 9.10. The average molecular weight is 296 g/mol. The van der Waals surface area contributed by atoms with Crippen molar-refractivity contribution in [1.29, 1.82) is 0 Å². The molecule has 0 atom stereocenters. The molecular formula is C8H5Br2FO. The number of hydrogen-bond acceptors (Lipinski definition) is 1. The number of carbonyl (C=O) groups is 1. The Hall–Kier alpha value is -0.220. The molecule has 0 radical (unpaired) electrons. The van der Waals surface area contributed by atoms with Gasteiger partial charge in [0.25, 0.3) is 0 Å². The Bertz CT molecular complexity index is 312. The first-order valence-electron chi connectivity index (χ1n) is 3.19. The Balaban J connectivity index is 3.09. The average Bonchev–Trinajstić information content (AvgIpc) is 2.03. The molecule has 1 nitrogen and oxygen atoms in total. The van der Waals surface area contributed by atoms with Gasteiger partial charge in [-0.3, -0.25) is 4.79 Å². The van der Waals surface area contributed by atoms with Gasteiger partial charge in [-0.15, -0.1) is 0 Å². The number of benzene rings is 1. The fourth-order valence-corrected chi connectivity index (χ4v) is 1.66. The van der Waals surface area contributed by atoms with Gasteiger partial charge in [0.2, 0.25) is 0 Å². The lowest BCUT2D eigenvalue weighted by Crippen LogP contribution is -2.00. The highest BCUT2D eigenvalue weighted by atomic mass is 79.9. The zero-order chi connectivity index (χ0) is 9.14. The van der Waals surface area contributed by atoms with E-state index < -0.39 is 0 Å². The maximum atomic E-state index is 12.6. The maximum Gasteiger partial charge on any atom is 0.174 e. The van der Waals surface area contributed by atoms with E-state index in [1.54, 1.807) is 0 Å². The van der Waals surface area contributed by atoms with Crippen molar-refractivity contribution < 1.29 is 9.18 Å². The van der Waals surface area contributed by atoms with Crippen molar-refractivity contribution in [3.63, 3.8) is 0 Å². The summed E-state index contributed by atoms with van der Waals surface area (Å²) in [5, 5.41) is 0.247. The first-order valence-corrected chi connectivity index (χ1v) is 5.11. The Morgan fingerprint density at radius 2 is 2.17 bits per heavy atom. The minimum Gasteiger partial charge on any atom is -0.293 e. The molecule has 0 aliphatic rings. The van der Waals surface area contributed by atoms with Crippen molar-refractivity contribution in [1.82, 2.24) is 0 Å². The van der Waals surface area contributed by atoms with E-state index in [1.165, 1.54) is 18.2 Å². The van der Waals surface area contributed by atoms with Gasteiger partial charge in [-0.1, -0.05) is 15.9 Å². The largest absolute Gasteiger partial charge is 0.293 e. The predicted octanol–water partition coefficient (Wildman–Crippen LogP) is 3.17. The highest BCUT2D eigenvalue weighted by Crippen LogP contribution is 2.18. The topological polar surface area (TPSA) is 17.1 Å². The lowest BCUT2D eigenvalue weighted by molar-refractivity contribution is 0.102. The zero-order valence-corrected chi connectivity index (χ0v) is 9.15. The third-order valence-electron chi connectivity index (χ3n) is 1.35. The molecule has 0 aliphatic heterocycles. The van der Waals surface area contributed by atoms with Crippen LogP contribution in [-0.4, -0.2) is 11.1 Å². The number of carbonyl (C=O) groups excluding carboxylic acids is 1. The van der Waals surface area contributed by atoms with Crippen LogP contribution in [0.1, 0.15) is 10.4 Å². The fourth-order valence-electron chi connectivity index (χ4n) is 0.788. The van der Waals surface area contributed by atoms with Crippen molar-refractivity contribution >= 4 is 37.6 Å². The standard InChI is InChI=1S/C8H5Br2FO/c9-4-8(12)6-2-1-5(11)3-7(6)10/h1-3H,4H2. The molecule has 0 unspecified atom stereocenters. The van der Waals surface area contributed by atoms with E-state index >= 15 is 0 Å². The molecule has 1 rings (SSSR count). The second kappa shape index (κ2) is 4.14. The van der Waals surface area contributed by atoms with Gasteiger partial charge in [0, 0.05) is 10.0 Å². The molecule has 0 heterocycles. The Morgan fingerprint density at radius 1 is 1.50 bits per heavy atom. The lowest BCUT2D eigenvalue weighted by Gasteiger charge is -1.99.